The summed E-state index contributed by atoms with van der Waals surface area (Å²) in [6.45, 7) is 1.28. The molecule has 0 unspecified atom stereocenters. The molecular weight excluding hydrogens is 324 g/mol. The molecule has 3 rings (SSSR count). The van der Waals surface area contributed by atoms with E-state index in [0.717, 1.165) is 12.8 Å². The van der Waals surface area contributed by atoms with E-state index in [2.05, 4.69) is 5.32 Å². The second kappa shape index (κ2) is 7.49. The van der Waals surface area contributed by atoms with Crippen LogP contribution < -0.4 is 5.32 Å². The molecule has 5 heteroatoms. The molecule has 2 aromatic carbocycles. The minimum absolute atomic E-state index is 0.0477. The number of nitrogens with zero attached hydrogens (tertiary/aromatic N) is 1. The van der Waals surface area contributed by atoms with Crippen molar-refractivity contribution in [2.24, 2.45) is 0 Å². The van der Waals surface area contributed by atoms with E-state index in [4.69, 9.17) is 11.6 Å². The Morgan fingerprint density at radius 1 is 0.958 bits per heavy atom. The molecule has 1 N–H and O–H groups in total. The fourth-order valence-corrected chi connectivity index (χ4v) is 3.12. The third kappa shape index (κ3) is 3.77. The molecule has 24 heavy (non-hydrogen) atoms. The topological polar surface area (TPSA) is 49.4 Å². The fraction of sp³-hybridized carbons (Fsp3) is 0.263. The van der Waals surface area contributed by atoms with Crippen LogP contribution in [0.15, 0.2) is 54.6 Å². The first-order valence-corrected chi connectivity index (χ1v) is 8.42. The van der Waals surface area contributed by atoms with Crippen molar-refractivity contribution >= 4 is 23.4 Å². The van der Waals surface area contributed by atoms with Crippen LogP contribution in [0.3, 0.4) is 0 Å². The maximum Gasteiger partial charge on any atom is 0.253 e. The van der Waals surface area contributed by atoms with Crippen molar-refractivity contribution in [3.8, 4) is 0 Å². The van der Waals surface area contributed by atoms with Crippen molar-refractivity contribution < 1.29 is 9.59 Å². The van der Waals surface area contributed by atoms with Crippen LogP contribution >= 0.6 is 11.6 Å². The van der Waals surface area contributed by atoms with E-state index in [9.17, 15) is 9.59 Å². The van der Waals surface area contributed by atoms with Crippen molar-refractivity contribution in [1.82, 2.24) is 10.2 Å². The molecule has 0 aromatic heterocycles. The van der Waals surface area contributed by atoms with Crippen molar-refractivity contribution in [1.29, 1.82) is 0 Å². The van der Waals surface area contributed by atoms with Crippen LogP contribution in [0, 0.1) is 0 Å². The summed E-state index contributed by atoms with van der Waals surface area (Å²) in [5.41, 5.74) is 1.19. The lowest BCUT2D eigenvalue weighted by Gasteiger charge is -2.32. The SMILES string of the molecule is O=C(NC1CCN(C(=O)c2ccccc2)CC1)c1ccccc1Cl. The third-order valence-corrected chi connectivity index (χ3v) is 4.59. The predicted octanol–water partition coefficient (Wildman–Crippen LogP) is 3.37. The van der Waals surface area contributed by atoms with Gasteiger partial charge in [-0.15, -0.1) is 0 Å². The lowest BCUT2D eigenvalue weighted by atomic mass is 10.0. The maximum absolute atomic E-state index is 12.4. The summed E-state index contributed by atoms with van der Waals surface area (Å²) in [6, 6.07) is 16.4. The summed E-state index contributed by atoms with van der Waals surface area (Å²) >= 11 is 6.06. The lowest BCUT2D eigenvalue weighted by Crippen LogP contribution is -2.46. The Bertz CT molecular complexity index is 725. The predicted molar refractivity (Wildman–Crippen MR) is 94.3 cm³/mol. The number of amides is 2. The van der Waals surface area contributed by atoms with Crippen LogP contribution in [-0.4, -0.2) is 35.8 Å². The molecular formula is C19H19ClN2O2. The quantitative estimate of drug-likeness (QED) is 0.929. The second-order valence-electron chi connectivity index (χ2n) is 5.89. The van der Waals surface area contributed by atoms with E-state index < -0.39 is 0 Å². The standard InChI is InChI=1S/C19H19ClN2O2/c20-17-9-5-4-8-16(17)18(23)21-15-10-12-22(13-11-15)19(24)14-6-2-1-3-7-14/h1-9,15H,10-13H2,(H,21,23). The van der Waals surface area contributed by atoms with Gasteiger partial charge in [0.25, 0.3) is 11.8 Å². The number of nitrogens with one attached hydrogen (secondary N) is 1. The highest BCUT2D eigenvalue weighted by Gasteiger charge is 2.25. The molecule has 1 aliphatic heterocycles. The molecule has 0 radical (unpaired) electrons. The Kier molecular flexibility index (Phi) is 5.16. The number of piperidine rings is 1. The van der Waals surface area contributed by atoms with Gasteiger partial charge in [-0.3, -0.25) is 9.59 Å². The molecule has 2 aromatic rings. The van der Waals surface area contributed by atoms with Gasteiger partial charge in [0.2, 0.25) is 0 Å². The molecule has 0 aliphatic carbocycles. The molecule has 2 amide bonds. The van der Waals surface area contributed by atoms with Crippen molar-refractivity contribution in [3.63, 3.8) is 0 Å². The monoisotopic (exact) mass is 342 g/mol. The van der Waals surface area contributed by atoms with Crippen LogP contribution in [-0.2, 0) is 0 Å². The van der Waals surface area contributed by atoms with Crippen molar-refractivity contribution in [3.05, 3.63) is 70.7 Å². The van der Waals surface area contributed by atoms with Crippen LogP contribution in [0.5, 0.6) is 0 Å². The largest absolute Gasteiger partial charge is 0.349 e. The summed E-state index contributed by atoms with van der Waals surface area (Å²) in [4.78, 5) is 26.6. The summed E-state index contributed by atoms with van der Waals surface area (Å²) in [5.74, 6) is -0.111. The number of hydrogen-bond acceptors (Lipinski definition) is 2. The first-order chi connectivity index (χ1) is 11.6. The van der Waals surface area contributed by atoms with Gasteiger partial charge >= 0.3 is 0 Å². The highest BCUT2D eigenvalue weighted by molar-refractivity contribution is 6.33. The highest BCUT2D eigenvalue weighted by Crippen LogP contribution is 2.17. The Hall–Kier alpha value is -2.33. The van der Waals surface area contributed by atoms with E-state index in [1.807, 2.05) is 35.2 Å². The lowest BCUT2D eigenvalue weighted by molar-refractivity contribution is 0.0698. The van der Waals surface area contributed by atoms with Gasteiger partial charge < -0.3 is 10.2 Å². The Balaban J connectivity index is 1.55. The summed E-state index contributed by atoms with van der Waals surface area (Å²) in [7, 11) is 0. The van der Waals surface area contributed by atoms with Crippen LogP contribution in [0.2, 0.25) is 5.02 Å². The molecule has 4 nitrogen and oxygen atoms in total. The van der Waals surface area contributed by atoms with E-state index in [-0.39, 0.29) is 17.9 Å². The van der Waals surface area contributed by atoms with E-state index in [1.54, 1.807) is 24.3 Å². The van der Waals surface area contributed by atoms with E-state index >= 15 is 0 Å². The average Bonchev–Trinajstić information content (AvgIpc) is 2.63. The number of likely N-dealkylation sites (tertiary alicyclic amines) is 1. The minimum atomic E-state index is -0.159. The molecule has 0 bridgehead atoms. The highest BCUT2D eigenvalue weighted by atomic mass is 35.5. The number of carbonyl (C=O) groups excluding carboxylic acids is 2. The van der Waals surface area contributed by atoms with Crippen LogP contribution in [0.1, 0.15) is 33.6 Å². The number of carbonyl (C=O) groups is 2. The van der Waals surface area contributed by atoms with Gasteiger partial charge in [0, 0.05) is 24.7 Å². The Morgan fingerprint density at radius 3 is 2.25 bits per heavy atom. The van der Waals surface area contributed by atoms with Gasteiger partial charge in [-0.1, -0.05) is 41.9 Å². The zero-order valence-electron chi connectivity index (χ0n) is 13.2. The smallest absolute Gasteiger partial charge is 0.253 e. The molecule has 124 valence electrons. The molecule has 1 fully saturated rings. The van der Waals surface area contributed by atoms with E-state index in [0.29, 0.717) is 29.2 Å². The summed E-state index contributed by atoms with van der Waals surface area (Å²) < 4.78 is 0. The van der Waals surface area contributed by atoms with Crippen LogP contribution in [0.25, 0.3) is 0 Å². The minimum Gasteiger partial charge on any atom is -0.349 e. The van der Waals surface area contributed by atoms with Gasteiger partial charge in [0.05, 0.1) is 10.6 Å². The maximum atomic E-state index is 12.4. The van der Waals surface area contributed by atoms with Crippen molar-refractivity contribution in [2.75, 3.05) is 13.1 Å². The van der Waals surface area contributed by atoms with Gasteiger partial charge in [-0.05, 0) is 37.1 Å². The van der Waals surface area contributed by atoms with Gasteiger partial charge in [-0.25, -0.2) is 0 Å². The zero-order chi connectivity index (χ0) is 16.9. The van der Waals surface area contributed by atoms with Gasteiger partial charge in [0.15, 0.2) is 0 Å². The second-order valence-corrected chi connectivity index (χ2v) is 6.29. The zero-order valence-corrected chi connectivity index (χ0v) is 14.0. The molecule has 1 aliphatic rings. The number of rotatable bonds is 3. The third-order valence-electron chi connectivity index (χ3n) is 4.26. The number of hydrogen-bond donors (Lipinski definition) is 1. The fourth-order valence-electron chi connectivity index (χ4n) is 2.90. The van der Waals surface area contributed by atoms with Gasteiger partial charge in [-0.2, -0.15) is 0 Å². The first kappa shape index (κ1) is 16.5. The van der Waals surface area contributed by atoms with Gasteiger partial charge in [0.1, 0.15) is 0 Å². The van der Waals surface area contributed by atoms with Crippen molar-refractivity contribution in [2.45, 2.75) is 18.9 Å². The molecule has 0 atom stereocenters. The normalized spacial score (nSPS) is 15.1. The molecule has 0 saturated carbocycles. The summed E-state index contributed by atoms with van der Waals surface area (Å²) in [5, 5.41) is 3.46. The average molecular weight is 343 g/mol. The number of benzene rings is 2. The van der Waals surface area contributed by atoms with Crippen LogP contribution in [0.4, 0.5) is 0 Å². The Morgan fingerprint density at radius 2 is 1.58 bits per heavy atom. The summed E-state index contributed by atoms with van der Waals surface area (Å²) in [6.07, 6.45) is 1.49. The first-order valence-electron chi connectivity index (χ1n) is 8.05. The molecule has 1 saturated heterocycles. The van der Waals surface area contributed by atoms with E-state index in [1.165, 1.54) is 0 Å². The molecule has 1 heterocycles. The number of halogens is 1. The Labute approximate surface area is 146 Å². The molecule has 0 spiro atoms.